The number of nitrogens with zero attached hydrogens (tertiary/aromatic N) is 1. The largest absolute Gasteiger partial charge is 0.457 e. The highest BCUT2D eigenvalue weighted by Crippen LogP contribution is 2.25. The quantitative estimate of drug-likeness (QED) is 0.776. The van der Waals surface area contributed by atoms with E-state index in [1.165, 1.54) is 17.0 Å². The van der Waals surface area contributed by atoms with E-state index in [0.29, 0.717) is 6.54 Å². The Bertz CT molecular complexity index is 758. The van der Waals surface area contributed by atoms with Gasteiger partial charge in [-0.3, -0.25) is 0 Å². The lowest BCUT2D eigenvalue weighted by atomic mass is 10.2. The van der Waals surface area contributed by atoms with Crippen LogP contribution in [0.4, 0.5) is 0 Å². The molecule has 0 unspecified atom stereocenters. The van der Waals surface area contributed by atoms with Crippen LogP contribution in [0.2, 0.25) is 0 Å². The van der Waals surface area contributed by atoms with Gasteiger partial charge < -0.3 is 15.0 Å². The van der Waals surface area contributed by atoms with Gasteiger partial charge in [-0.25, -0.2) is 0 Å². The first-order valence-corrected chi connectivity index (χ1v) is 7.40. The van der Waals surface area contributed by atoms with Crippen molar-refractivity contribution in [2.75, 3.05) is 0 Å². The van der Waals surface area contributed by atoms with Gasteiger partial charge in [0.25, 0.3) is 0 Å². The zero-order valence-electron chi connectivity index (χ0n) is 12.9. The first-order valence-electron chi connectivity index (χ1n) is 7.40. The smallest absolute Gasteiger partial charge is 0.127 e. The third kappa shape index (κ3) is 2.76. The molecule has 0 amide bonds. The molecule has 2 aromatic carbocycles. The molecule has 1 heterocycles. The molecule has 0 bridgehead atoms. The van der Waals surface area contributed by atoms with Crippen LogP contribution in [0.5, 0.6) is 11.5 Å². The van der Waals surface area contributed by atoms with Gasteiger partial charge in [-0.05, 0) is 61.9 Å². The Kier molecular flexibility index (Phi) is 3.98. The van der Waals surface area contributed by atoms with Crippen LogP contribution in [-0.4, -0.2) is 4.57 Å². The third-order valence-electron chi connectivity index (χ3n) is 3.83. The molecule has 3 nitrogen and oxygen atoms in total. The van der Waals surface area contributed by atoms with Crippen LogP contribution >= 0.6 is 0 Å². The summed E-state index contributed by atoms with van der Waals surface area (Å²) in [6.07, 6.45) is 0. The molecule has 22 heavy (non-hydrogen) atoms. The molecule has 0 fully saturated rings. The number of hydrogen-bond donors (Lipinski definition) is 1. The molecule has 0 aliphatic heterocycles. The summed E-state index contributed by atoms with van der Waals surface area (Å²) >= 11 is 0. The first-order chi connectivity index (χ1) is 10.7. The molecule has 2 N–H and O–H groups in total. The number of hydrogen-bond acceptors (Lipinski definition) is 2. The highest BCUT2D eigenvalue weighted by atomic mass is 16.5. The van der Waals surface area contributed by atoms with Crippen molar-refractivity contribution in [3.8, 4) is 17.2 Å². The van der Waals surface area contributed by atoms with E-state index < -0.39 is 0 Å². The number of ether oxygens (including phenoxy) is 1. The molecular formula is C19H20N2O. The van der Waals surface area contributed by atoms with Crippen LogP contribution in [0.25, 0.3) is 5.69 Å². The van der Waals surface area contributed by atoms with E-state index in [4.69, 9.17) is 10.5 Å². The topological polar surface area (TPSA) is 40.2 Å². The maximum absolute atomic E-state index is 5.83. The second kappa shape index (κ2) is 6.08. The monoisotopic (exact) mass is 292 g/mol. The number of benzene rings is 2. The van der Waals surface area contributed by atoms with Crippen LogP contribution in [0.3, 0.4) is 0 Å². The standard InChI is InChI=1S/C19H20N2O/c1-14-12-16(13-20)15(2)21(14)17-8-10-19(11-9-17)22-18-6-4-3-5-7-18/h3-12H,13,20H2,1-2H3. The summed E-state index contributed by atoms with van der Waals surface area (Å²) < 4.78 is 8.04. The Morgan fingerprint density at radius 2 is 1.55 bits per heavy atom. The lowest BCUT2D eigenvalue weighted by molar-refractivity contribution is 0.482. The number of nitrogens with two attached hydrogens (primary N) is 1. The van der Waals surface area contributed by atoms with Crippen LogP contribution in [-0.2, 0) is 6.54 Å². The lowest BCUT2D eigenvalue weighted by Gasteiger charge is -2.11. The molecule has 0 radical (unpaired) electrons. The maximum Gasteiger partial charge on any atom is 0.127 e. The number of aryl methyl sites for hydroxylation is 1. The first kappa shape index (κ1) is 14.4. The molecule has 0 spiro atoms. The number of aromatic nitrogens is 1. The molecule has 0 atom stereocenters. The molecule has 3 aromatic rings. The lowest BCUT2D eigenvalue weighted by Crippen LogP contribution is -2.01. The number of para-hydroxylation sites is 1. The molecular weight excluding hydrogens is 272 g/mol. The normalized spacial score (nSPS) is 10.7. The second-order valence-electron chi connectivity index (χ2n) is 5.34. The minimum atomic E-state index is 0.564. The van der Waals surface area contributed by atoms with Crippen molar-refractivity contribution in [3.05, 3.63) is 77.6 Å². The Labute approximate surface area is 131 Å². The second-order valence-corrected chi connectivity index (χ2v) is 5.34. The summed E-state index contributed by atoms with van der Waals surface area (Å²) in [6, 6.07) is 20.1. The van der Waals surface area contributed by atoms with E-state index in [2.05, 4.69) is 36.6 Å². The van der Waals surface area contributed by atoms with Crippen molar-refractivity contribution in [1.82, 2.24) is 4.57 Å². The van der Waals surface area contributed by atoms with E-state index in [-0.39, 0.29) is 0 Å². The van der Waals surface area contributed by atoms with Crippen LogP contribution in [0.1, 0.15) is 17.0 Å². The van der Waals surface area contributed by atoms with Gasteiger partial charge in [0.05, 0.1) is 0 Å². The van der Waals surface area contributed by atoms with Gasteiger partial charge in [0.2, 0.25) is 0 Å². The van der Waals surface area contributed by atoms with Crippen LogP contribution in [0.15, 0.2) is 60.7 Å². The summed E-state index contributed by atoms with van der Waals surface area (Å²) in [5, 5.41) is 0. The molecule has 112 valence electrons. The van der Waals surface area contributed by atoms with Crippen LogP contribution in [0, 0.1) is 13.8 Å². The summed E-state index contributed by atoms with van der Waals surface area (Å²) in [6.45, 7) is 4.76. The van der Waals surface area contributed by atoms with Gasteiger partial charge in [0.1, 0.15) is 11.5 Å². The molecule has 0 aliphatic rings. The minimum Gasteiger partial charge on any atom is -0.457 e. The molecule has 0 saturated carbocycles. The molecule has 1 aromatic heterocycles. The zero-order valence-corrected chi connectivity index (χ0v) is 12.9. The van der Waals surface area contributed by atoms with Crippen molar-refractivity contribution in [3.63, 3.8) is 0 Å². The molecule has 0 saturated heterocycles. The summed E-state index contributed by atoms with van der Waals surface area (Å²) in [7, 11) is 0. The Morgan fingerprint density at radius 1 is 0.909 bits per heavy atom. The fraction of sp³-hybridized carbons (Fsp3) is 0.158. The predicted octanol–water partition coefficient (Wildman–Crippen LogP) is 4.35. The van der Waals surface area contributed by atoms with Gasteiger partial charge in [-0.15, -0.1) is 0 Å². The van der Waals surface area contributed by atoms with Crippen molar-refractivity contribution < 1.29 is 4.74 Å². The fourth-order valence-electron chi connectivity index (χ4n) is 2.72. The van der Waals surface area contributed by atoms with Gasteiger partial charge in [-0.2, -0.15) is 0 Å². The van der Waals surface area contributed by atoms with E-state index in [1.807, 2.05) is 42.5 Å². The average Bonchev–Trinajstić information content (AvgIpc) is 2.83. The summed E-state index contributed by atoms with van der Waals surface area (Å²) in [5.74, 6) is 1.67. The zero-order chi connectivity index (χ0) is 15.5. The van der Waals surface area contributed by atoms with Gasteiger partial charge in [0.15, 0.2) is 0 Å². The van der Waals surface area contributed by atoms with Gasteiger partial charge >= 0.3 is 0 Å². The Hall–Kier alpha value is -2.52. The minimum absolute atomic E-state index is 0.564. The average molecular weight is 292 g/mol. The van der Waals surface area contributed by atoms with Gasteiger partial charge in [0, 0.05) is 23.6 Å². The molecule has 3 rings (SSSR count). The van der Waals surface area contributed by atoms with E-state index in [0.717, 1.165) is 17.2 Å². The molecule has 0 aliphatic carbocycles. The molecule has 3 heteroatoms. The number of rotatable bonds is 4. The fourth-order valence-corrected chi connectivity index (χ4v) is 2.72. The van der Waals surface area contributed by atoms with E-state index in [1.54, 1.807) is 0 Å². The van der Waals surface area contributed by atoms with Crippen molar-refractivity contribution >= 4 is 0 Å². The predicted molar refractivity (Wildman–Crippen MR) is 89.7 cm³/mol. The van der Waals surface area contributed by atoms with Crippen molar-refractivity contribution in [2.45, 2.75) is 20.4 Å². The van der Waals surface area contributed by atoms with E-state index >= 15 is 0 Å². The van der Waals surface area contributed by atoms with E-state index in [9.17, 15) is 0 Å². The van der Waals surface area contributed by atoms with Crippen molar-refractivity contribution in [1.29, 1.82) is 0 Å². The summed E-state index contributed by atoms with van der Waals surface area (Å²) in [4.78, 5) is 0. The summed E-state index contributed by atoms with van der Waals surface area (Å²) in [5.41, 5.74) is 10.5. The third-order valence-corrected chi connectivity index (χ3v) is 3.83. The van der Waals surface area contributed by atoms with Crippen molar-refractivity contribution in [2.24, 2.45) is 5.73 Å². The maximum atomic E-state index is 5.83. The highest BCUT2D eigenvalue weighted by Gasteiger charge is 2.09. The van der Waals surface area contributed by atoms with Gasteiger partial charge in [-0.1, -0.05) is 18.2 Å². The Balaban J connectivity index is 1.87. The highest BCUT2D eigenvalue weighted by molar-refractivity contribution is 5.44. The SMILES string of the molecule is Cc1cc(CN)c(C)n1-c1ccc(Oc2ccccc2)cc1. The van der Waals surface area contributed by atoms with Crippen LogP contribution < -0.4 is 10.5 Å². The Morgan fingerprint density at radius 3 is 2.14 bits per heavy atom.